The minimum Gasteiger partial charge on any atom is -0.367 e. The molecule has 0 atom stereocenters. The van der Waals surface area contributed by atoms with Crippen LogP contribution < -0.4 is 15.9 Å². The number of hydrogen-bond donors (Lipinski definition) is 2. The molecular weight excluding hydrogens is 130 g/mol. The van der Waals surface area contributed by atoms with Crippen LogP contribution in [0.15, 0.2) is 12.1 Å². The van der Waals surface area contributed by atoms with Crippen molar-refractivity contribution in [2.45, 2.75) is 6.92 Å². The lowest BCUT2D eigenvalue weighted by Crippen LogP contribution is -2.17. The van der Waals surface area contributed by atoms with E-state index in [4.69, 9.17) is 4.84 Å². The van der Waals surface area contributed by atoms with Gasteiger partial charge in [0, 0.05) is 5.69 Å². The van der Waals surface area contributed by atoms with E-state index in [2.05, 4.69) is 16.0 Å². The van der Waals surface area contributed by atoms with E-state index in [0.717, 1.165) is 11.4 Å². The fourth-order valence-corrected chi connectivity index (χ4v) is 0.835. The van der Waals surface area contributed by atoms with Gasteiger partial charge in [0.2, 0.25) is 0 Å². The van der Waals surface area contributed by atoms with Crippen molar-refractivity contribution in [1.82, 2.24) is 10.6 Å². The van der Waals surface area contributed by atoms with Crippen molar-refractivity contribution in [3.63, 3.8) is 0 Å². The van der Waals surface area contributed by atoms with Crippen molar-refractivity contribution >= 4 is 5.69 Å². The zero-order valence-corrected chi connectivity index (χ0v) is 5.51. The Kier molecular flexibility index (Phi) is 1.01. The fraction of sp³-hybridized carbons (Fsp3) is 0.167. The Morgan fingerprint density at radius 2 is 2.40 bits per heavy atom. The lowest BCUT2D eigenvalue weighted by Gasteiger charge is -1.93. The molecule has 2 rings (SSSR count). The molecule has 10 heavy (non-hydrogen) atoms. The summed E-state index contributed by atoms with van der Waals surface area (Å²) >= 11 is 0. The van der Waals surface area contributed by atoms with Gasteiger partial charge < -0.3 is 4.84 Å². The molecule has 0 unspecified atom stereocenters. The summed E-state index contributed by atoms with van der Waals surface area (Å²) < 4.78 is 0. The molecule has 4 nitrogen and oxygen atoms in total. The molecule has 4 heteroatoms. The van der Waals surface area contributed by atoms with Gasteiger partial charge in [0.15, 0.2) is 0 Å². The summed E-state index contributed by atoms with van der Waals surface area (Å²) in [6, 6.07) is 3.83. The highest BCUT2D eigenvalue weighted by atomic mass is 16.7. The third-order valence-corrected chi connectivity index (χ3v) is 1.33. The van der Waals surface area contributed by atoms with Gasteiger partial charge in [-0.25, -0.2) is 4.98 Å². The zero-order chi connectivity index (χ0) is 6.97. The molecule has 52 valence electrons. The second kappa shape index (κ2) is 1.85. The summed E-state index contributed by atoms with van der Waals surface area (Å²) in [6.07, 6.45) is 0. The van der Waals surface area contributed by atoms with Gasteiger partial charge in [-0.1, -0.05) is 5.59 Å². The SMILES string of the molecule is Cc1ccc2c(n1)ONN2. The van der Waals surface area contributed by atoms with Gasteiger partial charge in [0.1, 0.15) is 5.69 Å². The number of hydrogen-bond acceptors (Lipinski definition) is 4. The fourth-order valence-electron chi connectivity index (χ4n) is 0.835. The maximum absolute atomic E-state index is 4.91. The lowest BCUT2D eigenvalue weighted by molar-refractivity contribution is 0.237. The van der Waals surface area contributed by atoms with Crippen LogP contribution in [0.1, 0.15) is 5.69 Å². The molecule has 0 saturated heterocycles. The average Bonchev–Trinajstić information content (AvgIpc) is 2.33. The van der Waals surface area contributed by atoms with Gasteiger partial charge in [-0.05, 0) is 19.1 Å². The molecule has 0 fully saturated rings. The first-order chi connectivity index (χ1) is 4.86. The van der Waals surface area contributed by atoms with Gasteiger partial charge in [-0.15, -0.1) is 0 Å². The smallest absolute Gasteiger partial charge is 0.265 e. The van der Waals surface area contributed by atoms with Crippen molar-refractivity contribution in [2.24, 2.45) is 0 Å². The third kappa shape index (κ3) is 0.698. The Bertz CT molecular complexity index is 261. The van der Waals surface area contributed by atoms with E-state index in [1.165, 1.54) is 0 Å². The number of aromatic nitrogens is 1. The number of nitrogens with zero attached hydrogens (tertiary/aromatic N) is 1. The Morgan fingerprint density at radius 1 is 1.50 bits per heavy atom. The first-order valence-electron chi connectivity index (χ1n) is 3.02. The van der Waals surface area contributed by atoms with E-state index in [1.807, 2.05) is 19.1 Å². The molecule has 1 aliphatic heterocycles. The Balaban J connectivity index is 2.52. The molecule has 0 bridgehead atoms. The third-order valence-electron chi connectivity index (χ3n) is 1.33. The number of pyridine rings is 1. The molecule has 2 N–H and O–H groups in total. The molecule has 0 aromatic carbocycles. The van der Waals surface area contributed by atoms with Crippen molar-refractivity contribution < 1.29 is 4.84 Å². The van der Waals surface area contributed by atoms with Crippen LogP contribution in [0, 0.1) is 6.92 Å². The minimum absolute atomic E-state index is 0.611. The zero-order valence-electron chi connectivity index (χ0n) is 5.51. The molecule has 0 saturated carbocycles. The Labute approximate surface area is 58.1 Å². The van der Waals surface area contributed by atoms with E-state index in [9.17, 15) is 0 Å². The van der Waals surface area contributed by atoms with Crippen molar-refractivity contribution in [3.8, 4) is 5.88 Å². The van der Waals surface area contributed by atoms with Crippen molar-refractivity contribution in [2.75, 3.05) is 5.43 Å². The predicted molar refractivity (Wildman–Crippen MR) is 36.4 cm³/mol. The standard InChI is InChI=1S/C6H7N3O/c1-4-2-3-5-6(7-4)10-9-8-5/h2-3,8-9H,1H3. The van der Waals surface area contributed by atoms with E-state index in [-0.39, 0.29) is 0 Å². The monoisotopic (exact) mass is 137 g/mol. The number of hydrazine groups is 1. The summed E-state index contributed by atoms with van der Waals surface area (Å²) in [7, 11) is 0. The molecule has 0 spiro atoms. The highest BCUT2D eigenvalue weighted by molar-refractivity contribution is 5.53. The second-order valence-corrected chi connectivity index (χ2v) is 2.13. The quantitative estimate of drug-likeness (QED) is 0.550. The molecule has 0 radical (unpaired) electrons. The summed E-state index contributed by atoms with van der Waals surface area (Å²) in [4.78, 5) is 9.01. The molecule has 1 aromatic rings. The van der Waals surface area contributed by atoms with E-state index >= 15 is 0 Å². The van der Waals surface area contributed by atoms with Crippen LogP contribution in [0.5, 0.6) is 5.88 Å². The van der Waals surface area contributed by atoms with Crippen LogP contribution in [0.2, 0.25) is 0 Å². The first-order valence-corrected chi connectivity index (χ1v) is 3.02. The maximum atomic E-state index is 4.91. The Morgan fingerprint density at radius 3 is 3.30 bits per heavy atom. The lowest BCUT2D eigenvalue weighted by atomic mass is 10.3. The van der Waals surface area contributed by atoms with Crippen molar-refractivity contribution in [1.29, 1.82) is 0 Å². The summed E-state index contributed by atoms with van der Waals surface area (Å²) in [5, 5.41) is 0. The van der Waals surface area contributed by atoms with Crippen LogP contribution in [-0.2, 0) is 0 Å². The summed E-state index contributed by atoms with van der Waals surface area (Å²) in [5.74, 6) is 0.611. The number of anilines is 1. The minimum atomic E-state index is 0.611. The van der Waals surface area contributed by atoms with Gasteiger partial charge in [0.05, 0.1) is 0 Å². The predicted octanol–water partition coefficient (Wildman–Crippen LogP) is 0.614. The van der Waals surface area contributed by atoms with E-state index < -0.39 is 0 Å². The molecule has 0 aliphatic carbocycles. The molecule has 2 heterocycles. The summed E-state index contributed by atoms with van der Waals surface area (Å²) in [5.41, 5.74) is 7.12. The largest absolute Gasteiger partial charge is 0.367 e. The highest BCUT2D eigenvalue weighted by Crippen LogP contribution is 2.23. The average molecular weight is 137 g/mol. The maximum Gasteiger partial charge on any atom is 0.265 e. The van der Waals surface area contributed by atoms with Gasteiger partial charge >= 0.3 is 0 Å². The topological polar surface area (TPSA) is 46.2 Å². The van der Waals surface area contributed by atoms with Gasteiger partial charge in [-0.3, -0.25) is 5.43 Å². The van der Waals surface area contributed by atoms with Crippen LogP contribution in [0.4, 0.5) is 5.69 Å². The van der Waals surface area contributed by atoms with Crippen LogP contribution in [0.25, 0.3) is 0 Å². The van der Waals surface area contributed by atoms with Crippen molar-refractivity contribution in [3.05, 3.63) is 17.8 Å². The van der Waals surface area contributed by atoms with Crippen LogP contribution >= 0.6 is 0 Å². The van der Waals surface area contributed by atoms with Crippen LogP contribution in [-0.4, -0.2) is 4.98 Å². The molecule has 1 aromatic heterocycles. The van der Waals surface area contributed by atoms with E-state index in [1.54, 1.807) is 0 Å². The first kappa shape index (κ1) is 5.49. The van der Waals surface area contributed by atoms with Gasteiger partial charge in [0.25, 0.3) is 5.88 Å². The number of fused-ring (bicyclic) bond motifs is 1. The number of nitrogens with one attached hydrogen (secondary N) is 2. The molecular formula is C6H7N3O. The van der Waals surface area contributed by atoms with Crippen LogP contribution in [0.3, 0.4) is 0 Å². The van der Waals surface area contributed by atoms with E-state index in [0.29, 0.717) is 5.88 Å². The molecule has 0 amide bonds. The van der Waals surface area contributed by atoms with Gasteiger partial charge in [-0.2, -0.15) is 0 Å². The highest BCUT2D eigenvalue weighted by Gasteiger charge is 2.11. The number of rotatable bonds is 0. The number of aryl methyl sites for hydroxylation is 1. The normalized spacial score (nSPS) is 13.7. The second-order valence-electron chi connectivity index (χ2n) is 2.13. The summed E-state index contributed by atoms with van der Waals surface area (Å²) in [6.45, 7) is 1.92. The Hall–Kier alpha value is -1.29. The molecule has 1 aliphatic rings.